The van der Waals surface area contributed by atoms with Crippen LogP contribution in [0.15, 0.2) is 4.99 Å². The molecule has 0 aromatic heterocycles. The quantitative estimate of drug-likeness (QED) is 0.346. The highest BCUT2D eigenvalue weighted by Crippen LogP contribution is 1.91. The smallest absolute Gasteiger partial charge is 0.191 e. The summed E-state index contributed by atoms with van der Waals surface area (Å²) in [6.07, 6.45) is 3.18. The molecule has 7 heteroatoms. The molecule has 0 rings (SSSR count). The molecule has 0 saturated carbocycles. The number of ether oxygens (including phenoxy) is 1. The van der Waals surface area contributed by atoms with Crippen LogP contribution in [0.3, 0.4) is 0 Å². The first kappa shape index (κ1) is 18.2. The Morgan fingerprint density at radius 3 is 2.53 bits per heavy atom. The summed E-state index contributed by atoms with van der Waals surface area (Å²) in [5, 5.41) is 6.09. The average Bonchev–Trinajstić information content (AvgIpc) is 2.32. The summed E-state index contributed by atoms with van der Waals surface area (Å²) in [5.74, 6) is 0.782. The third kappa shape index (κ3) is 13.4. The normalized spacial score (nSPS) is 12.5. The SMILES string of the molecule is CCNC(=NCCCCOCC)NCCS(C)(=O)=O. The molecule has 0 fully saturated rings. The van der Waals surface area contributed by atoms with Gasteiger partial charge in [0.05, 0.1) is 5.75 Å². The largest absolute Gasteiger partial charge is 0.382 e. The Bertz CT molecular complexity index is 342. The lowest BCUT2D eigenvalue weighted by molar-refractivity contribution is 0.144. The highest BCUT2D eigenvalue weighted by molar-refractivity contribution is 7.90. The zero-order valence-electron chi connectivity index (χ0n) is 12.2. The zero-order valence-corrected chi connectivity index (χ0v) is 13.1. The first-order valence-corrected chi connectivity index (χ1v) is 8.83. The van der Waals surface area contributed by atoms with E-state index in [-0.39, 0.29) is 5.75 Å². The molecule has 0 aliphatic carbocycles. The second-order valence-corrected chi connectivity index (χ2v) is 6.48. The predicted octanol–water partition coefficient (Wildman–Crippen LogP) is 0.403. The Labute approximate surface area is 116 Å². The lowest BCUT2D eigenvalue weighted by Crippen LogP contribution is -2.39. The van der Waals surface area contributed by atoms with Gasteiger partial charge in [-0.2, -0.15) is 0 Å². The molecule has 0 saturated heterocycles. The van der Waals surface area contributed by atoms with Gasteiger partial charge in [-0.05, 0) is 26.7 Å². The van der Waals surface area contributed by atoms with E-state index in [2.05, 4.69) is 15.6 Å². The van der Waals surface area contributed by atoms with E-state index in [0.29, 0.717) is 19.0 Å². The number of nitrogens with zero attached hydrogens (tertiary/aromatic N) is 1. The van der Waals surface area contributed by atoms with Crippen LogP contribution < -0.4 is 10.6 Å². The van der Waals surface area contributed by atoms with Crippen LogP contribution in [0.25, 0.3) is 0 Å². The molecular weight excluding hydrogens is 266 g/mol. The molecule has 0 aromatic rings. The summed E-state index contributed by atoms with van der Waals surface area (Å²) < 4.78 is 27.3. The van der Waals surface area contributed by atoms with Gasteiger partial charge in [-0.3, -0.25) is 4.99 Å². The number of guanidine groups is 1. The summed E-state index contributed by atoms with van der Waals surface area (Å²) in [6, 6.07) is 0. The first-order valence-electron chi connectivity index (χ1n) is 6.77. The number of hydrogen-bond acceptors (Lipinski definition) is 4. The van der Waals surface area contributed by atoms with E-state index in [1.54, 1.807) is 0 Å². The fraction of sp³-hybridized carbons (Fsp3) is 0.917. The number of hydrogen-bond donors (Lipinski definition) is 2. The van der Waals surface area contributed by atoms with Crippen LogP contribution in [0.2, 0.25) is 0 Å². The zero-order chi connectivity index (χ0) is 14.6. The van der Waals surface area contributed by atoms with E-state index in [9.17, 15) is 8.42 Å². The summed E-state index contributed by atoms with van der Waals surface area (Å²) in [7, 11) is -2.93. The maximum Gasteiger partial charge on any atom is 0.191 e. The predicted molar refractivity (Wildman–Crippen MR) is 79.4 cm³/mol. The van der Waals surface area contributed by atoms with Crippen molar-refractivity contribution in [2.24, 2.45) is 4.99 Å². The fourth-order valence-electron chi connectivity index (χ4n) is 1.35. The summed E-state index contributed by atoms with van der Waals surface area (Å²) in [5.41, 5.74) is 0. The second kappa shape index (κ2) is 11.0. The molecule has 0 heterocycles. The van der Waals surface area contributed by atoms with Crippen molar-refractivity contribution in [1.82, 2.24) is 10.6 Å². The molecule has 0 unspecified atom stereocenters. The van der Waals surface area contributed by atoms with Gasteiger partial charge in [0.2, 0.25) is 0 Å². The molecule has 0 aromatic carbocycles. The molecule has 0 aliphatic heterocycles. The van der Waals surface area contributed by atoms with Gasteiger partial charge in [0.1, 0.15) is 9.84 Å². The van der Waals surface area contributed by atoms with Gasteiger partial charge in [-0.25, -0.2) is 8.42 Å². The van der Waals surface area contributed by atoms with Gasteiger partial charge in [0.15, 0.2) is 5.96 Å². The lowest BCUT2D eigenvalue weighted by Gasteiger charge is -2.10. The van der Waals surface area contributed by atoms with Crippen LogP contribution in [-0.4, -0.2) is 59.2 Å². The van der Waals surface area contributed by atoms with Crippen LogP contribution in [-0.2, 0) is 14.6 Å². The highest BCUT2D eigenvalue weighted by Gasteiger charge is 2.02. The highest BCUT2D eigenvalue weighted by atomic mass is 32.2. The second-order valence-electron chi connectivity index (χ2n) is 4.22. The fourth-order valence-corrected chi connectivity index (χ4v) is 1.82. The van der Waals surface area contributed by atoms with E-state index in [1.165, 1.54) is 6.26 Å². The topological polar surface area (TPSA) is 79.8 Å². The Morgan fingerprint density at radius 1 is 1.21 bits per heavy atom. The van der Waals surface area contributed by atoms with E-state index in [0.717, 1.165) is 32.6 Å². The minimum absolute atomic E-state index is 0.113. The Balaban J connectivity index is 3.88. The molecule has 0 amide bonds. The van der Waals surface area contributed by atoms with Crippen LogP contribution in [0.4, 0.5) is 0 Å². The Morgan fingerprint density at radius 2 is 1.95 bits per heavy atom. The number of unbranched alkanes of at least 4 members (excludes halogenated alkanes) is 1. The average molecular weight is 293 g/mol. The molecule has 0 radical (unpaired) electrons. The van der Waals surface area contributed by atoms with Gasteiger partial charge in [-0.1, -0.05) is 0 Å². The van der Waals surface area contributed by atoms with Crippen molar-refractivity contribution >= 4 is 15.8 Å². The van der Waals surface area contributed by atoms with E-state index < -0.39 is 9.84 Å². The van der Waals surface area contributed by atoms with Gasteiger partial charge < -0.3 is 15.4 Å². The van der Waals surface area contributed by atoms with E-state index in [1.807, 2.05) is 13.8 Å². The van der Waals surface area contributed by atoms with Crippen molar-refractivity contribution in [2.75, 3.05) is 44.9 Å². The molecule has 19 heavy (non-hydrogen) atoms. The maximum atomic E-state index is 11.0. The summed E-state index contributed by atoms with van der Waals surface area (Å²) in [4.78, 5) is 4.37. The monoisotopic (exact) mass is 293 g/mol. The Kier molecular flexibility index (Phi) is 10.6. The molecule has 6 nitrogen and oxygen atoms in total. The van der Waals surface area contributed by atoms with E-state index in [4.69, 9.17) is 4.74 Å². The number of aliphatic imine (C=N–C) groups is 1. The van der Waals surface area contributed by atoms with Crippen molar-refractivity contribution in [3.8, 4) is 0 Å². The molecule has 0 aliphatic rings. The van der Waals surface area contributed by atoms with Gasteiger partial charge in [0, 0.05) is 39.1 Å². The van der Waals surface area contributed by atoms with Crippen molar-refractivity contribution in [3.05, 3.63) is 0 Å². The maximum absolute atomic E-state index is 11.0. The third-order valence-corrected chi connectivity index (χ3v) is 3.23. The number of nitrogens with one attached hydrogen (secondary N) is 2. The molecule has 0 spiro atoms. The van der Waals surface area contributed by atoms with Gasteiger partial charge >= 0.3 is 0 Å². The number of sulfone groups is 1. The molecular formula is C12H27N3O3S. The molecule has 2 N–H and O–H groups in total. The van der Waals surface area contributed by atoms with Crippen LogP contribution in [0.5, 0.6) is 0 Å². The first-order chi connectivity index (χ1) is 8.99. The van der Waals surface area contributed by atoms with Crippen LogP contribution in [0, 0.1) is 0 Å². The van der Waals surface area contributed by atoms with Crippen LogP contribution in [0.1, 0.15) is 26.7 Å². The molecule has 0 bridgehead atoms. The lowest BCUT2D eigenvalue weighted by atomic mass is 10.3. The van der Waals surface area contributed by atoms with Crippen LogP contribution >= 0.6 is 0 Å². The summed E-state index contributed by atoms with van der Waals surface area (Å²) in [6.45, 7) is 7.31. The summed E-state index contributed by atoms with van der Waals surface area (Å²) >= 11 is 0. The minimum atomic E-state index is -2.93. The molecule has 0 atom stereocenters. The standard InChI is InChI=1S/C12H27N3O3S/c1-4-13-12(15-9-11-19(3,16)17)14-8-6-7-10-18-5-2/h4-11H2,1-3H3,(H2,13,14,15). The van der Waals surface area contributed by atoms with Gasteiger partial charge in [-0.15, -0.1) is 0 Å². The minimum Gasteiger partial charge on any atom is -0.382 e. The van der Waals surface area contributed by atoms with Crippen molar-refractivity contribution in [1.29, 1.82) is 0 Å². The van der Waals surface area contributed by atoms with Crippen molar-refractivity contribution in [2.45, 2.75) is 26.7 Å². The Hall–Kier alpha value is -0.820. The van der Waals surface area contributed by atoms with Crippen molar-refractivity contribution < 1.29 is 13.2 Å². The van der Waals surface area contributed by atoms with Crippen molar-refractivity contribution in [3.63, 3.8) is 0 Å². The van der Waals surface area contributed by atoms with Gasteiger partial charge in [0.25, 0.3) is 0 Å². The van der Waals surface area contributed by atoms with E-state index >= 15 is 0 Å². The molecule has 114 valence electrons. The third-order valence-electron chi connectivity index (χ3n) is 2.28. The number of rotatable bonds is 10.